The Morgan fingerprint density at radius 1 is 1.31 bits per heavy atom. The van der Waals surface area contributed by atoms with Crippen molar-refractivity contribution < 1.29 is 4.74 Å². The molecule has 0 amide bonds. The van der Waals surface area contributed by atoms with Gasteiger partial charge < -0.3 is 4.74 Å². The molecule has 0 spiro atoms. The van der Waals surface area contributed by atoms with Crippen molar-refractivity contribution in [2.45, 2.75) is 33.2 Å². The molecule has 2 heteroatoms. The lowest BCUT2D eigenvalue weighted by Crippen LogP contribution is -2.40. The van der Waals surface area contributed by atoms with Gasteiger partial charge in [0.05, 0.1) is 13.2 Å². The molecule has 2 aliphatic heterocycles. The minimum absolute atomic E-state index is 0.470. The van der Waals surface area contributed by atoms with Gasteiger partial charge in [0.25, 0.3) is 0 Å². The van der Waals surface area contributed by atoms with Gasteiger partial charge in [-0.15, -0.1) is 0 Å². The molecule has 0 N–H and O–H groups in total. The molecule has 2 rings (SSSR count). The fourth-order valence-corrected chi connectivity index (χ4v) is 2.46. The molecule has 76 valence electrons. The molecule has 2 atom stereocenters. The van der Waals surface area contributed by atoms with Gasteiger partial charge in [0.15, 0.2) is 0 Å². The van der Waals surface area contributed by atoms with Crippen LogP contribution in [0.5, 0.6) is 0 Å². The van der Waals surface area contributed by atoms with Gasteiger partial charge in [-0.2, -0.15) is 0 Å². The smallest absolute Gasteiger partial charge is 0.0622 e. The van der Waals surface area contributed by atoms with Gasteiger partial charge in [-0.1, -0.05) is 20.8 Å². The zero-order valence-electron chi connectivity index (χ0n) is 9.05. The van der Waals surface area contributed by atoms with Gasteiger partial charge in [0.1, 0.15) is 0 Å². The summed E-state index contributed by atoms with van der Waals surface area (Å²) < 4.78 is 5.50. The lowest BCUT2D eigenvalue weighted by atomic mass is 9.79. The standard InChI is InChI=1S/C11H21NO/c1-11(2,3)9-6-10-8-13-5-4-12(10)7-9/h9-10H,4-8H2,1-3H3. The number of fused-ring (bicyclic) bond motifs is 1. The third kappa shape index (κ3) is 1.89. The molecule has 0 aromatic rings. The molecule has 0 aliphatic carbocycles. The molecule has 13 heavy (non-hydrogen) atoms. The van der Waals surface area contributed by atoms with Crippen LogP contribution in [0.25, 0.3) is 0 Å². The van der Waals surface area contributed by atoms with Crippen molar-refractivity contribution in [3.63, 3.8) is 0 Å². The minimum Gasteiger partial charge on any atom is -0.378 e. The largest absolute Gasteiger partial charge is 0.378 e. The number of morpholine rings is 1. The minimum atomic E-state index is 0.470. The molecule has 0 aromatic heterocycles. The Morgan fingerprint density at radius 3 is 2.69 bits per heavy atom. The van der Waals surface area contributed by atoms with Crippen LogP contribution in [0.15, 0.2) is 0 Å². The van der Waals surface area contributed by atoms with E-state index in [-0.39, 0.29) is 0 Å². The number of hydrogen-bond acceptors (Lipinski definition) is 2. The zero-order valence-corrected chi connectivity index (χ0v) is 9.05. The van der Waals surface area contributed by atoms with Crippen LogP contribution in [-0.2, 0) is 4.74 Å². The lowest BCUT2D eigenvalue weighted by molar-refractivity contribution is 0.0126. The highest BCUT2D eigenvalue weighted by molar-refractivity contribution is 4.91. The molecule has 2 saturated heterocycles. The quantitative estimate of drug-likeness (QED) is 0.567. The highest BCUT2D eigenvalue weighted by Crippen LogP contribution is 2.37. The van der Waals surface area contributed by atoms with Gasteiger partial charge in [-0.25, -0.2) is 0 Å². The molecule has 0 bridgehead atoms. The van der Waals surface area contributed by atoms with Crippen molar-refractivity contribution in [1.82, 2.24) is 4.90 Å². The van der Waals surface area contributed by atoms with E-state index < -0.39 is 0 Å². The molecule has 2 fully saturated rings. The van der Waals surface area contributed by atoms with E-state index in [0.717, 1.165) is 31.7 Å². The van der Waals surface area contributed by atoms with Crippen molar-refractivity contribution in [3.05, 3.63) is 0 Å². The Bertz CT molecular complexity index is 171. The molecular weight excluding hydrogens is 162 g/mol. The first-order chi connectivity index (χ1) is 6.07. The van der Waals surface area contributed by atoms with Gasteiger partial charge in [-0.3, -0.25) is 4.90 Å². The Morgan fingerprint density at radius 2 is 2.08 bits per heavy atom. The van der Waals surface area contributed by atoms with E-state index >= 15 is 0 Å². The third-order valence-corrected chi connectivity index (χ3v) is 3.59. The summed E-state index contributed by atoms with van der Waals surface area (Å²) in [5, 5.41) is 0. The van der Waals surface area contributed by atoms with Crippen LogP contribution in [0.2, 0.25) is 0 Å². The molecule has 2 aliphatic rings. The fourth-order valence-electron chi connectivity index (χ4n) is 2.46. The fraction of sp³-hybridized carbons (Fsp3) is 1.00. The molecule has 0 saturated carbocycles. The summed E-state index contributed by atoms with van der Waals surface area (Å²) in [5.41, 5.74) is 0.470. The van der Waals surface area contributed by atoms with E-state index in [1.54, 1.807) is 0 Å². The SMILES string of the molecule is CC(C)(C)C1CC2COCCN2C1. The molecule has 2 unspecified atom stereocenters. The second-order valence-electron chi connectivity index (χ2n) is 5.52. The van der Waals surface area contributed by atoms with Crippen LogP contribution in [0.4, 0.5) is 0 Å². The van der Waals surface area contributed by atoms with Gasteiger partial charge in [0.2, 0.25) is 0 Å². The van der Waals surface area contributed by atoms with Crippen molar-refractivity contribution in [2.75, 3.05) is 26.3 Å². The average molecular weight is 183 g/mol. The summed E-state index contributed by atoms with van der Waals surface area (Å²) in [6.45, 7) is 11.4. The first-order valence-corrected chi connectivity index (χ1v) is 5.39. The van der Waals surface area contributed by atoms with Gasteiger partial charge in [-0.05, 0) is 17.8 Å². The number of hydrogen-bond donors (Lipinski definition) is 0. The highest BCUT2D eigenvalue weighted by Gasteiger charge is 2.39. The Balaban J connectivity index is 1.99. The monoisotopic (exact) mass is 183 g/mol. The summed E-state index contributed by atoms with van der Waals surface area (Å²) >= 11 is 0. The number of nitrogens with zero attached hydrogens (tertiary/aromatic N) is 1. The van der Waals surface area contributed by atoms with Crippen LogP contribution in [-0.4, -0.2) is 37.2 Å². The normalized spacial score (nSPS) is 36.2. The topological polar surface area (TPSA) is 12.5 Å². The van der Waals surface area contributed by atoms with Crippen molar-refractivity contribution in [1.29, 1.82) is 0 Å². The molecular formula is C11H21NO. The zero-order chi connectivity index (χ0) is 9.47. The second-order valence-corrected chi connectivity index (χ2v) is 5.52. The Labute approximate surface area is 81.3 Å². The van der Waals surface area contributed by atoms with Gasteiger partial charge in [0, 0.05) is 19.1 Å². The maximum Gasteiger partial charge on any atom is 0.0622 e. The maximum absolute atomic E-state index is 5.50. The third-order valence-electron chi connectivity index (χ3n) is 3.59. The second kappa shape index (κ2) is 3.25. The van der Waals surface area contributed by atoms with Crippen LogP contribution >= 0.6 is 0 Å². The highest BCUT2D eigenvalue weighted by atomic mass is 16.5. The maximum atomic E-state index is 5.50. The summed E-state index contributed by atoms with van der Waals surface area (Å²) in [6.07, 6.45) is 1.34. The molecule has 2 nitrogen and oxygen atoms in total. The van der Waals surface area contributed by atoms with E-state index in [4.69, 9.17) is 4.74 Å². The number of ether oxygens (including phenoxy) is 1. The first kappa shape index (κ1) is 9.47. The van der Waals surface area contributed by atoms with Crippen LogP contribution in [0.3, 0.4) is 0 Å². The van der Waals surface area contributed by atoms with Crippen molar-refractivity contribution in [2.24, 2.45) is 11.3 Å². The van der Waals surface area contributed by atoms with E-state index in [1.807, 2.05) is 0 Å². The summed E-state index contributed by atoms with van der Waals surface area (Å²) in [7, 11) is 0. The molecule has 2 heterocycles. The lowest BCUT2D eigenvalue weighted by Gasteiger charge is -2.29. The van der Waals surface area contributed by atoms with Crippen molar-refractivity contribution >= 4 is 0 Å². The Kier molecular flexibility index (Phi) is 2.37. The van der Waals surface area contributed by atoms with Crippen LogP contribution < -0.4 is 0 Å². The predicted molar refractivity (Wildman–Crippen MR) is 53.7 cm³/mol. The van der Waals surface area contributed by atoms with E-state index in [1.165, 1.54) is 13.0 Å². The summed E-state index contributed by atoms with van der Waals surface area (Å²) in [5.74, 6) is 0.860. The first-order valence-electron chi connectivity index (χ1n) is 5.39. The number of rotatable bonds is 0. The predicted octanol–water partition coefficient (Wildman–Crippen LogP) is 1.75. The van der Waals surface area contributed by atoms with Crippen LogP contribution in [0.1, 0.15) is 27.2 Å². The molecule has 0 radical (unpaired) electrons. The summed E-state index contributed by atoms with van der Waals surface area (Å²) in [6, 6.07) is 0.720. The molecule has 0 aromatic carbocycles. The van der Waals surface area contributed by atoms with E-state index in [0.29, 0.717) is 5.41 Å². The van der Waals surface area contributed by atoms with Crippen LogP contribution in [0, 0.1) is 11.3 Å². The average Bonchev–Trinajstić information content (AvgIpc) is 2.45. The van der Waals surface area contributed by atoms with Crippen molar-refractivity contribution in [3.8, 4) is 0 Å². The van der Waals surface area contributed by atoms with E-state index in [9.17, 15) is 0 Å². The van der Waals surface area contributed by atoms with Gasteiger partial charge >= 0.3 is 0 Å². The summed E-state index contributed by atoms with van der Waals surface area (Å²) in [4.78, 5) is 2.61. The van der Waals surface area contributed by atoms with E-state index in [2.05, 4.69) is 25.7 Å². The Hall–Kier alpha value is -0.0800.